The SMILES string of the molecule is CCCCCCC/C=C/CCCCCCCC(=O)N[C@@H](COP(=O)(O)OCC[N+](C)(C)C)[C@H](O)/C=C/CC/C=C/CCCCCCCCCC. The lowest BCUT2D eigenvalue weighted by molar-refractivity contribution is -0.870. The topological polar surface area (TPSA) is 105 Å². The standard InChI is InChI=1S/C41H79N2O6P/c1-6-8-10-12-14-16-18-20-22-24-26-28-30-32-34-40(44)39(38-49-50(46,47)48-37-36-43(3,4)5)42-41(45)35-33-31-29-27-25-23-21-19-17-15-13-11-9-7-2/h19,21,24,26,32,34,39-40,44H,6-18,20,22-23,25,27-31,33,35-38H2,1-5H3,(H-,42,45,46,47)/p+1/b21-19+,26-24+,34-32+/t39-,40+/m0/s1. The third-order valence-electron chi connectivity index (χ3n) is 8.83. The van der Waals surface area contributed by atoms with Crippen molar-refractivity contribution in [1.82, 2.24) is 5.32 Å². The molecular formula is C41H80N2O6P+. The van der Waals surface area contributed by atoms with Crippen LogP contribution in [0.25, 0.3) is 0 Å². The van der Waals surface area contributed by atoms with Crippen LogP contribution in [0, 0.1) is 0 Å². The van der Waals surface area contributed by atoms with E-state index in [-0.39, 0.29) is 19.1 Å². The van der Waals surface area contributed by atoms with Crippen molar-refractivity contribution in [3.8, 4) is 0 Å². The van der Waals surface area contributed by atoms with Crippen molar-refractivity contribution < 1.29 is 32.9 Å². The van der Waals surface area contributed by atoms with Crippen LogP contribution in [0.4, 0.5) is 0 Å². The summed E-state index contributed by atoms with van der Waals surface area (Å²) in [6.45, 7) is 4.75. The Labute approximate surface area is 308 Å². The highest BCUT2D eigenvalue weighted by atomic mass is 31.2. The molecule has 0 radical (unpaired) electrons. The van der Waals surface area contributed by atoms with Gasteiger partial charge < -0.3 is 19.8 Å². The van der Waals surface area contributed by atoms with Crippen LogP contribution in [0.3, 0.4) is 0 Å². The molecule has 1 unspecified atom stereocenters. The van der Waals surface area contributed by atoms with Gasteiger partial charge in [0.1, 0.15) is 13.2 Å². The van der Waals surface area contributed by atoms with Crippen molar-refractivity contribution in [2.75, 3.05) is 40.9 Å². The van der Waals surface area contributed by atoms with Crippen molar-refractivity contribution in [2.45, 2.75) is 180 Å². The van der Waals surface area contributed by atoms with Crippen LogP contribution >= 0.6 is 7.82 Å². The summed E-state index contributed by atoms with van der Waals surface area (Å²) in [5, 5.41) is 13.7. The number of hydrogen-bond donors (Lipinski definition) is 3. The van der Waals surface area contributed by atoms with E-state index in [4.69, 9.17) is 9.05 Å². The first-order chi connectivity index (χ1) is 24.0. The Morgan fingerprint density at radius 2 is 1.10 bits per heavy atom. The maximum Gasteiger partial charge on any atom is 0.472 e. The lowest BCUT2D eigenvalue weighted by atomic mass is 10.1. The first-order valence-corrected chi connectivity index (χ1v) is 21.9. The highest BCUT2D eigenvalue weighted by Gasteiger charge is 2.27. The number of phosphoric ester groups is 1. The second-order valence-corrected chi connectivity index (χ2v) is 16.5. The van der Waals surface area contributed by atoms with Gasteiger partial charge in [0, 0.05) is 6.42 Å². The molecule has 8 nitrogen and oxygen atoms in total. The Morgan fingerprint density at radius 3 is 1.60 bits per heavy atom. The first-order valence-electron chi connectivity index (χ1n) is 20.4. The second-order valence-electron chi connectivity index (χ2n) is 15.0. The van der Waals surface area contributed by atoms with Crippen LogP contribution in [-0.4, -0.2) is 73.4 Å². The molecule has 0 heterocycles. The van der Waals surface area contributed by atoms with Crippen LogP contribution in [0.1, 0.15) is 168 Å². The van der Waals surface area contributed by atoms with E-state index in [1.54, 1.807) is 6.08 Å². The number of rotatable bonds is 36. The predicted molar refractivity (Wildman–Crippen MR) is 212 cm³/mol. The summed E-state index contributed by atoms with van der Waals surface area (Å²) in [5.74, 6) is -0.199. The van der Waals surface area contributed by atoms with Crippen molar-refractivity contribution >= 4 is 13.7 Å². The molecule has 1 amide bonds. The minimum atomic E-state index is -4.34. The first kappa shape index (κ1) is 48.7. The highest BCUT2D eigenvalue weighted by Crippen LogP contribution is 2.43. The Kier molecular flexibility index (Phi) is 32.7. The molecule has 9 heteroatoms. The van der Waals surface area contributed by atoms with Crippen LogP contribution in [0.5, 0.6) is 0 Å². The summed E-state index contributed by atoms with van der Waals surface area (Å²) in [5.41, 5.74) is 0. The molecule has 0 rings (SSSR count). The number of phosphoric acid groups is 1. The summed E-state index contributed by atoms with van der Waals surface area (Å²) < 4.78 is 23.5. The molecule has 0 aromatic heterocycles. The monoisotopic (exact) mass is 728 g/mol. The van der Waals surface area contributed by atoms with Gasteiger partial charge >= 0.3 is 7.82 Å². The van der Waals surface area contributed by atoms with Gasteiger partial charge in [-0.3, -0.25) is 13.8 Å². The third kappa shape index (κ3) is 35.1. The number of nitrogens with zero attached hydrogens (tertiary/aromatic N) is 1. The molecule has 0 aromatic carbocycles. The van der Waals surface area contributed by atoms with E-state index in [0.29, 0.717) is 17.4 Å². The molecule has 0 saturated carbocycles. The number of aliphatic hydroxyl groups is 1. The van der Waals surface area contributed by atoms with Crippen molar-refractivity contribution in [1.29, 1.82) is 0 Å². The van der Waals surface area contributed by atoms with E-state index < -0.39 is 20.0 Å². The second kappa shape index (κ2) is 33.5. The van der Waals surface area contributed by atoms with E-state index in [2.05, 4.69) is 43.5 Å². The third-order valence-corrected chi connectivity index (χ3v) is 9.82. The average molecular weight is 728 g/mol. The van der Waals surface area contributed by atoms with Gasteiger partial charge in [-0.1, -0.05) is 140 Å². The smallest absolute Gasteiger partial charge is 0.387 e. The number of unbranched alkanes of at least 4 members (excludes halogenated alkanes) is 19. The molecule has 50 heavy (non-hydrogen) atoms. The van der Waals surface area contributed by atoms with E-state index in [1.165, 1.54) is 96.3 Å². The molecule has 3 atom stereocenters. The van der Waals surface area contributed by atoms with Gasteiger partial charge in [-0.15, -0.1) is 0 Å². The van der Waals surface area contributed by atoms with E-state index in [9.17, 15) is 19.4 Å². The zero-order valence-corrected chi connectivity index (χ0v) is 34.0. The maximum absolute atomic E-state index is 12.8. The number of likely N-dealkylation sites (N-methyl/N-ethyl adjacent to an activating group) is 1. The lowest BCUT2D eigenvalue weighted by Gasteiger charge is -2.25. The summed E-state index contributed by atoms with van der Waals surface area (Å²) >= 11 is 0. The number of allylic oxidation sites excluding steroid dienone is 5. The van der Waals surface area contributed by atoms with E-state index in [0.717, 1.165) is 51.4 Å². The summed E-state index contributed by atoms with van der Waals surface area (Å²) in [6.07, 6.45) is 39.2. The summed E-state index contributed by atoms with van der Waals surface area (Å²) in [4.78, 5) is 23.0. The maximum atomic E-state index is 12.8. The van der Waals surface area contributed by atoms with Crippen molar-refractivity contribution in [3.63, 3.8) is 0 Å². The molecule has 0 aliphatic heterocycles. The number of aliphatic hydroxyl groups excluding tert-OH is 1. The van der Waals surface area contributed by atoms with Crippen molar-refractivity contribution in [2.24, 2.45) is 0 Å². The minimum Gasteiger partial charge on any atom is -0.387 e. The van der Waals surface area contributed by atoms with Crippen LogP contribution in [0.2, 0.25) is 0 Å². The fraction of sp³-hybridized carbons (Fsp3) is 0.829. The lowest BCUT2D eigenvalue weighted by Crippen LogP contribution is -2.45. The molecule has 0 saturated heterocycles. The molecule has 0 fully saturated rings. The number of amides is 1. The fourth-order valence-corrected chi connectivity index (χ4v) is 6.26. The number of carbonyl (C=O) groups excluding carboxylic acids is 1. The van der Waals surface area contributed by atoms with Gasteiger partial charge in [-0.05, 0) is 57.8 Å². The fourth-order valence-electron chi connectivity index (χ4n) is 5.52. The molecule has 0 bridgehead atoms. The molecule has 0 spiro atoms. The molecule has 3 N–H and O–H groups in total. The molecule has 294 valence electrons. The zero-order chi connectivity index (χ0) is 37.2. The van der Waals surface area contributed by atoms with Gasteiger partial charge in [-0.25, -0.2) is 4.57 Å². The predicted octanol–water partition coefficient (Wildman–Crippen LogP) is 10.7. The number of nitrogens with one attached hydrogen (secondary N) is 1. The molecular weight excluding hydrogens is 647 g/mol. The minimum absolute atomic E-state index is 0.0543. The van der Waals surface area contributed by atoms with E-state index >= 15 is 0 Å². The Hall–Kier alpha value is -1.28. The van der Waals surface area contributed by atoms with Gasteiger partial charge in [0.25, 0.3) is 0 Å². The van der Waals surface area contributed by atoms with E-state index in [1.807, 2.05) is 27.2 Å². The van der Waals surface area contributed by atoms with Crippen LogP contribution in [-0.2, 0) is 18.4 Å². The van der Waals surface area contributed by atoms with Gasteiger partial charge in [0.05, 0.1) is 39.9 Å². The average Bonchev–Trinajstić information content (AvgIpc) is 3.06. The zero-order valence-electron chi connectivity index (χ0n) is 33.1. The Morgan fingerprint density at radius 1 is 0.660 bits per heavy atom. The molecule has 0 aliphatic carbocycles. The van der Waals surface area contributed by atoms with Gasteiger partial charge in [0.2, 0.25) is 5.91 Å². The number of carbonyl (C=O) groups is 1. The van der Waals surface area contributed by atoms with Gasteiger partial charge in [0.15, 0.2) is 0 Å². The molecule has 0 aliphatic rings. The number of hydrogen-bond acceptors (Lipinski definition) is 5. The normalized spacial score (nSPS) is 14.9. The Bertz CT molecular complexity index is 917. The van der Waals surface area contributed by atoms with Crippen molar-refractivity contribution in [3.05, 3.63) is 36.5 Å². The Balaban J connectivity index is 4.57. The number of quaternary nitrogens is 1. The largest absolute Gasteiger partial charge is 0.472 e. The van der Waals surface area contributed by atoms with Crippen LogP contribution < -0.4 is 5.32 Å². The summed E-state index contributed by atoms with van der Waals surface area (Å²) in [7, 11) is 1.54. The highest BCUT2D eigenvalue weighted by molar-refractivity contribution is 7.47. The quantitative estimate of drug-likeness (QED) is 0.0257. The van der Waals surface area contributed by atoms with Gasteiger partial charge in [-0.2, -0.15) is 0 Å². The molecule has 0 aromatic rings. The van der Waals surface area contributed by atoms with Crippen LogP contribution in [0.15, 0.2) is 36.5 Å². The summed E-state index contributed by atoms with van der Waals surface area (Å²) in [6, 6.07) is -0.864.